The van der Waals surface area contributed by atoms with E-state index in [2.05, 4.69) is 85.7 Å². The van der Waals surface area contributed by atoms with Crippen molar-refractivity contribution in [2.24, 2.45) is 11.8 Å². The number of nitrogens with one attached hydrogen (secondary N) is 1. The van der Waals surface area contributed by atoms with Crippen molar-refractivity contribution in [3.8, 4) is 0 Å². The van der Waals surface area contributed by atoms with E-state index in [1.165, 1.54) is 11.1 Å². The summed E-state index contributed by atoms with van der Waals surface area (Å²) in [5, 5.41) is 3.81. The summed E-state index contributed by atoms with van der Waals surface area (Å²) < 4.78 is 2.14. The Labute approximate surface area is 159 Å². The first-order chi connectivity index (χ1) is 11.6. The van der Waals surface area contributed by atoms with Crippen molar-refractivity contribution in [3.63, 3.8) is 0 Å². The van der Waals surface area contributed by atoms with Gasteiger partial charge in [0.2, 0.25) is 0 Å². The molecule has 2 fully saturated rings. The van der Waals surface area contributed by atoms with E-state index >= 15 is 0 Å². The van der Waals surface area contributed by atoms with Crippen LogP contribution in [0.25, 0.3) is 0 Å². The van der Waals surface area contributed by atoms with E-state index in [0.717, 1.165) is 28.2 Å². The number of carbonyl (C=O) groups excluding carboxylic acids is 1. The molecule has 1 N–H and O–H groups in total. The molecule has 2 bridgehead atoms. The van der Waals surface area contributed by atoms with E-state index < -0.39 is 0 Å². The molecule has 2 aliphatic rings. The van der Waals surface area contributed by atoms with Crippen LogP contribution in [0.4, 0.5) is 0 Å². The molecule has 0 aromatic heterocycles. The number of hydrogen-bond acceptors (Lipinski definition) is 2. The molecular weight excluding hydrogens is 430 g/mol. The van der Waals surface area contributed by atoms with Gasteiger partial charge in [-0.15, -0.1) is 0 Å². The summed E-state index contributed by atoms with van der Waals surface area (Å²) in [5.74, 6) is 0.661. The number of fused-ring (bicyclic) bond motifs is 2. The van der Waals surface area contributed by atoms with Crippen LogP contribution in [0.1, 0.15) is 42.5 Å². The first-order valence-corrected chi connectivity index (χ1v) is 10.0. The summed E-state index contributed by atoms with van der Waals surface area (Å²) in [5.41, 5.74) is 2.41. The number of benzene rings is 2. The highest BCUT2D eigenvalue weighted by Crippen LogP contribution is 2.45. The van der Waals surface area contributed by atoms with Gasteiger partial charge in [-0.05, 0) is 48.2 Å². The van der Waals surface area contributed by atoms with Crippen LogP contribution in [-0.2, 0) is 4.79 Å². The third-order valence-electron chi connectivity index (χ3n) is 5.38. The van der Waals surface area contributed by atoms with Crippen LogP contribution in [0, 0.1) is 11.8 Å². The van der Waals surface area contributed by atoms with Gasteiger partial charge in [0, 0.05) is 32.9 Å². The van der Waals surface area contributed by atoms with Gasteiger partial charge in [0.15, 0.2) is 0 Å². The quantitative estimate of drug-likeness (QED) is 0.649. The Hall–Kier alpha value is -0.970. The molecule has 124 valence electrons. The van der Waals surface area contributed by atoms with Gasteiger partial charge in [-0.1, -0.05) is 62.5 Å². The average molecular weight is 449 g/mol. The fraction of sp³-hybridized carbons (Fsp3) is 0.350. The number of carbonyl (C=O) groups is 1. The summed E-state index contributed by atoms with van der Waals surface area (Å²) in [6.45, 7) is 0. The Bertz CT molecular complexity index is 680. The number of ketones is 1. The summed E-state index contributed by atoms with van der Waals surface area (Å²) in [7, 11) is 0. The van der Waals surface area contributed by atoms with Crippen LogP contribution in [0.5, 0.6) is 0 Å². The lowest BCUT2D eigenvalue weighted by Crippen LogP contribution is -2.50. The third kappa shape index (κ3) is 3.00. The van der Waals surface area contributed by atoms with E-state index in [1.54, 1.807) is 0 Å². The largest absolute Gasteiger partial charge is 0.302 e. The normalized spacial score (nSPS) is 29.5. The molecule has 3 unspecified atom stereocenters. The molecule has 0 spiro atoms. The van der Waals surface area contributed by atoms with Gasteiger partial charge in [-0.25, -0.2) is 0 Å². The molecule has 2 aromatic carbocycles. The molecule has 24 heavy (non-hydrogen) atoms. The van der Waals surface area contributed by atoms with Gasteiger partial charge in [-0.3, -0.25) is 4.79 Å². The van der Waals surface area contributed by atoms with Gasteiger partial charge in [0.1, 0.15) is 5.78 Å². The van der Waals surface area contributed by atoms with Crippen LogP contribution in [0.2, 0.25) is 0 Å². The number of halogens is 2. The van der Waals surface area contributed by atoms with E-state index in [4.69, 9.17) is 0 Å². The number of hydrogen-bond donors (Lipinski definition) is 1. The Kier molecular flexibility index (Phi) is 4.63. The molecule has 1 aliphatic carbocycles. The number of rotatable bonds is 2. The van der Waals surface area contributed by atoms with Gasteiger partial charge in [-0.2, -0.15) is 0 Å². The molecule has 1 heterocycles. The topological polar surface area (TPSA) is 29.1 Å². The summed E-state index contributed by atoms with van der Waals surface area (Å²) >= 11 is 7.00. The Morgan fingerprint density at radius 3 is 1.58 bits per heavy atom. The standard InChI is InChI=1S/C20H19Br2NO/c21-14-8-4-12(5-9-14)18-16-2-1-3-17(20(16)24)19(23-18)13-6-10-15(22)11-7-13/h4-11,16-19,23H,1-3H2/t16-,17?,18?,19?/m1/s1. The third-order valence-corrected chi connectivity index (χ3v) is 6.44. The molecule has 4 atom stereocenters. The number of piperidine rings is 1. The zero-order valence-electron chi connectivity index (χ0n) is 13.2. The molecule has 0 radical (unpaired) electrons. The lowest BCUT2D eigenvalue weighted by atomic mass is 9.67. The van der Waals surface area contributed by atoms with Crippen LogP contribution >= 0.6 is 31.9 Å². The second kappa shape index (κ2) is 6.74. The van der Waals surface area contributed by atoms with E-state index in [-0.39, 0.29) is 23.9 Å². The van der Waals surface area contributed by atoms with E-state index in [1.807, 2.05) is 0 Å². The second-order valence-corrected chi connectivity index (χ2v) is 8.60. The van der Waals surface area contributed by atoms with E-state index in [0.29, 0.717) is 5.78 Å². The minimum atomic E-state index is 0.107. The summed E-state index contributed by atoms with van der Waals surface area (Å²) in [6, 6.07) is 17.0. The maximum atomic E-state index is 13.1. The lowest BCUT2D eigenvalue weighted by molar-refractivity contribution is -0.135. The second-order valence-electron chi connectivity index (χ2n) is 6.77. The Morgan fingerprint density at radius 2 is 1.17 bits per heavy atom. The van der Waals surface area contributed by atoms with Crippen LogP contribution < -0.4 is 5.32 Å². The molecule has 2 aromatic rings. The average Bonchev–Trinajstić information content (AvgIpc) is 2.57. The highest BCUT2D eigenvalue weighted by atomic mass is 79.9. The summed E-state index contributed by atoms with van der Waals surface area (Å²) in [4.78, 5) is 13.1. The van der Waals surface area contributed by atoms with Crippen LogP contribution in [0.3, 0.4) is 0 Å². The highest BCUT2D eigenvalue weighted by Gasteiger charge is 2.46. The fourth-order valence-corrected chi connectivity index (χ4v) is 4.73. The molecule has 2 nitrogen and oxygen atoms in total. The Balaban J connectivity index is 1.71. The minimum Gasteiger partial charge on any atom is -0.302 e. The monoisotopic (exact) mass is 447 g/mol. The molecular formula is C20H19Br2NO. The van der Waals surface area contributed by atoms with Gasteiger partial charge >= 0.3 is 0 Å². The van der Waals surface area contributed by atoms with Gasteiger partial charge in [0.05, 0.1) is 0 Å². The van der Waals surface area contributed by atoms with Crippen molar-refractivity contribution in [2.75, 3.05) is 0 Å². The maximum Gasteiger partial charge on any atom is 0.142 e. The summed E-state index contributed by atoms with van der Waals surface area (Å²) in [6.07, 6.45) is 3.13. The SMILES string of the molecule is O=C1C2CCC[C@@H]1C(c1ccc(Br)cc1)NC2c1ccc(Br)cc1. The first-order valence-electron chi connectivity index (χ1n) is 8.44. The predicted molar refractivity (Wildman–Crippen MR) is 103 cm³/mol. The lowest BCUT2D eigenvalue weighted by Gasteiger charge is -2.45. The highest BCUT2D eigenvalue weighted by molar-refractivity contribution is 9.10. The van der Waals surface area contributed by atoms with Crippen molar-refractivity contribution in [1.29, 1.82) is 0 Å². The molecule has 4 heteroatoms. The molecule has 1 aliphatic heterocycles. The maximum absolute atomic E-state index is 13.1. The minimum absolute atomic E-state index is 0.107. The van der Waals surface area contributed by atoms with Crippen LogP contribution in [0.15, 0.2) is 57.5 Å². The fourth-order valence-electron chi connectivity index (χ4n) is 4.20. The molecule has 1 saturated heterocycles. The first kappa shape index (κ1) is 16.5. The van der Waals surface area contributed by atoms with Crippen molar-refractivity contribution in [1.82, 2.24) is 5.32 Å². The van der Waals surface area contributed by atoms with Crippen molar-refractivity contribution >= 4 is 37.6 Å². The predicted octanol–water partition coefficient (Wildman–Crippen LogP) is 5.58. The molecule has 4 rings (SSSR count). The van der Waals surface area contributed by atoms with Crippen molar-refractivity contribution in [3.05, 3.63) is 68.6 Å². The smallest absolute Gasteiger partial charge is 0.142 e. The van der Waals surface area contributed by atoms with Crippen molar-refractivity contribution in [2.45, 2.75) is 31.3 Å². The number of Topliss-reactive ketones (excluding diaryl/α,β-unsaturated/α-hetero) is 1. The Morgan fingerprint density at radius 1 is 0.750 bits per heavy atom. The zero-order valence-corrected chi connectivity index (χ0v) is 16.4. The molecule has 0 amide bonds. The van der Waals surface area contributed by atoms with Gasteiger partial charge < -0.3 is 5.32 Å². The van der Waals surface area contributed by atoms with Crippen molar-refractivity contribution < 1.29 is 4.79 Å². The van der Waals surface area contributed by atoms with Crippen LogP contribution in [-0.4, -0.2) is 5.78 Å². The van der Waals surface area contributed by atoms with Gasteiger partial charge in [0.25, 0.3) is 0 Å². The molecule has 1 saturated carbocycles. The van der Waals surface area contributed by atoms with E-state index in [9.17, 15) is 4.79 Å². The zero-order chi connectivity index (χ0) is 16.7.